The number of benzene rings is 3. The van der Waals surface area contributed by atoms with Gasteiger partial charge in [-0.3, -0.25) is 0 Å². The molecule has 0 heterocycles. The highest BCUT2D eigenvalue weighted by Crippen LogP contribution is 2.25. The molecule has 1 nitrogen and oxygen atoms in total. The molecule has 0 spiro atoms. The Hall–Kier alpha value is -2.09. The predicted molar refractivity (Wildman–Crippen MR) is 124 cm³/mol. The maximum absolute atomic E-state index is 2.29. The third-order valence-electron chi connectivity index (χ3n) is 5.82. The topological polar surface area (TPSA) is 0 Å². The summed E-state index contributed by atoms with van der Waals surface area (Å²) in [5.74, 6) is 0. The first kappa shape index (κ1) is 24.2. The van der Waals surface area contributed by atoms with Gasteiger partial charge in [-0.05, 0) is 12.8 Å². The normalized spacial score (nSPS) is 11.1. The molecule has 0 saturated heterocycles. The van der Waals surface area contributed by atoms with Gasteiger partial charge >= 0.3 is 0 Å². The average Bonchev–Trinajstić information content (AvgIpc) is 2.76. The van der Waals surface area contributed by atoms with E-state index >= 15 is 0 Å². The SMILES string of the molecule is CCCCCCC[N+](Cc1ccccc1)(Cc1ccccc1)Cc1ccccc1.[Cl-]. The first-order chi connectivity index (χ1) is 14.3. The summed E-state index contributed by atoms with van der Waals surface area (Å²) in [7, 11) is 0. The van der Waals surface area contributed by atoms with Gasteiger partial charge in [0.1, 0.15) is 19.6 Å². The third-order valence-corrected chi connectivity index (χ3v) is 5.82. The number of rotatable bonds is 12. The Balaban J connectivity index is 0.00000320. The number of nitrogens with zero attached hydrogens (tertiary/aromatic N) is 1. The van der Waals surface area contributed by atoms with E-state index in [1.807, 2.05) is 0 Å². The Morgan fingerprint density at radius 3 is 1.23 bits per heavy atom. The lowest BCUT2D eigenvalue weighted by atomic mass is 10.0. The number of unbranched alkanes of at least 4 members (excludes halogenated alkanes) is 4. The summed E-state index contributed by atoms with van der Waals surface area (Å²) < 4.78 is 1.09. The second-order valence-corrected chi connectivity index (χ2v) is 8.41. The Bertz CT molecular complexity index is 700. The van der Waals surface area contributed by atoms with Gasteiger partial charge in [-0.15, -0.1) is 0 Å². The van der Waals surface area contributed by atoms with Gasteiger partial charge in [-0.2, -0.15) is 0 Å². The zero-order chi connectivity index (χ0) is 20.2. The van der Waals surface area contributed by atoms with Crippen LogP contribution in [0.5, 0.6) is 0 Å². The standard InChI is InChI=1S/C28H36N.ClH/c1-2-3-4-5-15-22-29(23-26-16-9-6-10-17-26,24-27-18-11-7-12-19-27)25-28-20-13-8-14-21-28;/h6-14,16-21H,2-5,15,22-25H2,1H3;1H/q+1;/p-1. The van der Waals surface area contributed by atoms with Crippen molar-refractivity contribution in [3.8, 4) is 0 Å². The Labute approximate surface area is 189 Å². The van der Waals surface area contributed by atoms with Crippen molar-refractivity contribution in [2.24, 2.45) is 0 Å². The van der Waals surface area contributed by atoms with Gasteiger partial charge in [0, 0.05) is 16.7 Å². The number of quaternary nitrogens is 1. The first-order valence-corrected chi connectivity index (χ1v) is 11.3. The van der Waals surface area contributed by atoms with Crippen LogP contribution in [-0.4, -0.2) is 11.0 Å². The zero-order valence-corrected chi connectivity index (χ0v) is 19.1. The quantitative estimate of drug-likeness (QED) is 0.301. The van der Waals surface area contributed by atoms with Crippen LogP contribution >= 0.6 is 0 Å². The van der Waals surface area contributed by atoms with Gasteiger partial charge in [-0.25, -0.2) is 0 Å². The van der Waals surface area contributed by atoms with Gasteiger partial charge in [0.15, 0.2) is 0 Å². The van der Waals surface area contributed by atoms with Crippen LogP contribution < -0.4 is 12.4 Å². The van der Waals surface area contributed by atoms with E-state index < -0.39 is 0 Å². The van der Waals surface area contributed by atoms with Gasteiger partial charge in [0.25, 0.3) is 0 Å². The van der Waals surface area contributed by atoms with Gasteiger partial charge < -0.3 is 16.9 Å². The van der Waals surface area contributed by atoms with E-state index in [1.54, 1.807) is 0 Å². The summed E-state index contributed by atoms with van der Waals surface area (Å²) in [6.07, 6.45) is 6.66. The summed E-state index contributed by atoms with van der Waals surface area (Å²) in [4.78, 5) is 0. The molecule has 0 atom stereocenters. The van der Waals surface area contributed by atoms with E-state index in [2.05, 4.69) is 97.9 Å². The van der Waals surface area contributed by atoms with Crippen molar-refractivity contribution in [1.82, 2.24) is 0 Å². The molecule has 0 amide bonds. The highest BCUT2D eigenvalue weighted by atomic mass is 35.5. The lowest BCUT2D eigenvalue weighted by Crippen LogP contribution is -3.00. The Morgan fingerprint density at radius 1 is 0.500 bits per heavy atom. The van der Waals surface area contributed by atoms with Crippen molar-refractivity contribution in [2.45, 2.75) is 58.7 Å². The molecular weight excluding hydrogens is 386 g/mol. The highest BCUT2D eigenvalue weighted by molar-refractivity contribution is 5.17. The van der Waals surface area contributed by atoms with Crippen LogP contribution in [-0.2, 0) is 19.6 Å². The average molecular weight is 422 g/mol. The second kappa shape index (κ2) is 13.3. The minimum absolute atomic E-state index is 0. The molecular formula is C28H36ClN. The first-order valence-electron chi connectivity index (χ1n) is 11.3. The molecule has 0 aliphatic rings. The smallest absolute Gasteiger partial charge is 0.105 e. The van der Waals surface area contributed by atoms with Crippen LogP contribution in [0.3, 0.4) is 0 Å². The molecule has 0 bridgehead atoms. The molecule has 0 aliphatic heterocycles. The van der Waals surface area contributed by atoms with Crippen molar-refractivity contribution in [3.63, 3.8) is 0 Å². The molecule has 0 unspecified atom stereocenters. The number of hydrogen-bond donors (Lipinski definition) is 0. The molecule has 0 aliphatic carbocycles. The summed E-state index contributed by atoms with van der Waals surface area (Å²) in [5, 5.41) is 0. The molecule has 0 aromatic heterocycles. The molecule has 0 fully saturated rings. The fraction of sp³-hybridized carbons (Fsp3) is 0.357. The molecule has 2 heteroatoms. The summed E-state index contributed by atoms with van der Waals surface area (Å²) >= 11 is 0. The second-order valence-electron chi connectivity index (χ2n) is 8.41. The lowest BCUT2D eigenvalue weighted by molar-refractivity contribution is -0.966. The summed E-state index contributed by atoms with van der Waals surface area (Å²) in [5.41, 5.74) is 4.31. The van der Waals surface area contributed by atoms with E-state index in [0.29, 0.717) is 0 Å². The van der Waals surface area contributed by atoms with E-state index in [-0.39, 0.29) is 12.4 Å². The fourth-order valence-electron chi connectivity index (χ4n) is 4.37. The lowest BCUT2D eigenvalue weighted by Gasteiger charge is -2.39. The van der Waals surface area contributed by atoms with E-state index in [9.17, 15) is 0 Å². The minimum Gasteiger partial charge on any atom is -1.00 e. The third kappa shape index (κ3) is 7.97. The van der Waals surface area contributed by atoms with E-state index in [4.69, 9.17) is 0 Å². The zero-order valence-electron chi connectivity index (χ0n) is 18.3. The molecule has 160 valence electrons. The Kier molecular flexibility index (Phi) is 10.7. The van der Waals surface area contributed by atoms with E-state index in [1.165, 1.54) is 55.3 Å². The van der Waals surface area contributed by atoms with Crippen molar-refractivity contribution < 1.29 is 16.9 Å². The van der Waals surface area contributed by atoms with Crippen LogP contribution in [0.25, 0.3) is 0 Å². The van der Waals surface area contributed by atoms with E-state index in [0.717, 1.165) is 24.1 Å². The van der Waals surface area contributed by atoms with Crippen LogP contribution in [0, 0.1) is 0 Å². The Morgan fingerprint density at radius 2 is 0.867 bits per heavy atom. The van der Waals surface area contributed by atoms with Crippen LogP contribution in [0.4, 0.5) is 0 Å². The number of hydrogen-bond acceptors (Lipinski definition) is 0. The molecule has 0 saturated carbocycles. The molecule has 3 rings (SSSR count). The molecule has 0 radical (unpaired) electrons. The summed E-state index contributed by atoms with van der Waals surface area (Å²) in [6.45, 7) is 6.76. The highest BCUT2D eigenvalue weighted by Gasteiger charge is 2.28. The van der Waals surface area contributed by atoms with Crippen molar-refractivity contribution in [1.29, 1.82) is 0 Å². The fourth-order valence-corrected chi connectivity index (χ4v) is 4.37. The van der Waals surface area contributed by atoms with Gasteiger partial charge in [-0.1, -0.05) is 117 Å². The maximum atomic E-state index is 2.29. The molecule has 3 aromatic rings. The van der Waals surface area contributed by atoms with Crippen molar-refractivity contribution >= 4 is 0 Å². The van der Waals surface area contributed by atoms with Crippen LogP contribution in [0.1, 0.15) is 55.7 Å². The summed E-state index contributed by atoms with van der Waals surface area (Å²) in [6, 6.07) is 33.2. The largest absolute Gasteiger partial charge is 1.00 e. The van der Waals surface area contributed by atoms with Crippen molar-refractivity contribution in [2.75, 3.05) is 6.54 Å². The van der Waals surface area contributed by atoms with Gasteiger partial charge in [0.05, 0.1) is 6.54 Å². The molecule has 30 heavy (non-hydrogen) atoms. The van der Waals surface area contributed by atoms with Crippen LogP contribution in [0.15, 0.2) is 91.0 Å². The molecule has 0 N–H and O–H groups in total. The van der Waals surface area contributed by atoms with Gasteiger partial charge in [0.2, 0.25) is 0 Å². The predicted octanol–water partition coefficient (Wildman–Crippen LogP) is 4.38. The molecule has 3 aromatic carbocycles. The maximum Gasteiger partial charge on any atom is 0.105 e. The number of halogens is 1. The van der Waals surface area contributed by atoms with Crippen molar-refractivity contribution in [3.05, 3.63) is 108 Å². The van der Waals surface area contributed by atoms with Crippen LogP contribution in [0.2, 0.25) is 0 Å². The minimum atomic E-state index is 0. The monoisotopic (exact) mass is 421 g/mol.